The number of rotatable bonds is 6. The van der Waals surface area contributed by atoms with Crippen LogP contribution in [0.5, 0.6) is 0 Å². The maximum Gasteiger partial charge on any atom is 0.113 e. The highest BCUT2D eigenvalue weighted by atomic mass is 32.1. The predicted octanol–water partition coefficient (Wildman–Crippen LogP) is 2.90. The molecular weight excluding hydrogens is 272 g/mol. The average Bonchev–Trinajstić information content (AvgIpc) is 2.89. The number of methoxy groups -OCH3 is 1. The molecule has 2 atom stereocenters. The number of aromatic nitrogens is 1. The minimum absolute atomic E-state index is 0.0476. The molecule has 1 aliphatic heterocycles. The average molecular weight is 298 g/mol. The lowest BCUT2D eigenvalue weighted by atomic mass is 9.87. The molecule has 1 saturated heterocycles. The van der Waals surface area contributed by atoms with E-state index in [9.17, 15) is 0 Å². The minimum Gasteiger partial charge on any atom is -0.383 e. The third-order valence-electron chi connectivity index (χ3n) is 3.86. The molecule has 0 aromatic carbocycles. The van der Waals surface area contributed by atoms with Gasteiger partial charge in [0.25, 0.3) is 0 Å². The van der Waals surface area contributed by atoms with Gasteiger partial charge in [-0.2, -0.15) is 0 Å². The zero-order chi connectivity index (χ0) is 14.6. The number of hydrogen-bond acceptors (Lipinski definition) is 5. The van der Waals surface area contributed by atoms with Crippen LogP contribution in [0.3, 0.4) is 0 Å². The van der Waals surface area contributed by atoms with E-state index >= 15 is 0 Å². The Kier molecular flexibility index (Phi) is 5.55. The summed E-state index contributed by atoms with van der Waals surface area (Å²) in [6, 6.07) is 0. The van der Waals surface area contributed by atoms with Crippen LogP contribution in [-0.2, 0) is 15.0 Å². The molecule has 5 heteroatoms. The summed E-state index contributed by atoms with van der Waals surface area (Å²) in [7, 11) is 1.74. The Labute approximate surface area is 125 Å². The Morgan fingerprint density at radius 2 is 2.40 bits per heavy atom. The summed E-state index contributed by atoms with van der Waals surface area (Å²) in [6.45, 7) is 8.88. The van der Waals surface area contributed by atoms with E-state index in [1.165, 1.54) is 10.7 Å². The minimum atomic E-state index is -0.0476. The number of thiazole rings is 1. The lowest BCUT2D eigenvalue weighted by molar-refractivity contribution is -0.0222. The molecule has 2 rings (SSSR count). The van der Waals surface area contributed by atoms with Gasteiger partial charge in [0.05, 0.1) is 23.9 Å². The Hall–Kier alpha value is -0.490. The molecule has 114 valence electrons. The second kappa shape index (κ2) is 6.98. The number of ether oxygens (including phenoxy) is 2. The Morgan fingerprint density at radius 1 is 1.60 bits per heavy atom. The van der Waals surface area contributed by atoms with Crippen molar-refractivity contribution in [2.45, 2.75) is 51.2 Å². The molecule has 2 unspecified atom stereocenters. The highest BCUT2D eigenvalue weighted by Crippen LogP contribution is 2.37. The molecular formula is C15H26N2O2S. The van der Waals surface area contributed by atoms with E-state index in [1.54, 1.807) is 18.4 Å². The molecule has 1 fully saturated rings. The second-order valence-corrected chi connectivity index (χ2v) is 6.73. The lowest BCUT2D eigenvalue weighted by Crippen LogP contribution is -2.49. The van der Waals surface area contributed by atoms with E-state index in [1.807, 2.05) is 0 Å². The van der Waals surface area contributed by atoms with Crippen LogP contribution >= 0.6 is 11.3 Å². The van der Waals surface area contributed by atoms with Gasteiger partial charge in [-0.3, -0.25) is 0 Å². The van der Waals surface area contributed by atoms with Crippen molar-refractivity contribution < 1.29 is 9.47 Å². The molecule has 1 N–H and O–H groups in total. The van der Waals surface area contributed by atoms with Gasteiger partial charge in [-0.05, 0) is 25.7 Å². The molecule has 1 aromatic heterocycles. The van der Waals surface area contributed by atoms with Crippen LogP contribution in [0.4, 0.5) is 0 Å². The molecule has 0 bridgehead atoms. The Morgan fingerprint density at radius 3 is 3.00 bits per heavy atom. The zero-order valence-corrected chi connectivity index (χ0v) is 13.8. The fraction of sp³-hybridized carbons (Fsp3) is 0.800. The van der Waals surface area contributed by atoms with Crippen LogP contribution in [0, 0.1) is 0 Å². The van der Waals surface area contributed by atoms with Crippen molar-refractivity contribution in [1.29, 1.82) is 0 Å². The van der Waals surface area contributed by atoms with Crippen molar-refractivity contribution in [2.24, 2.45) is 0 Å². The highest BCUT2D eigenvalue weighted by molar-refractivity contribution is 7.09. The smallest absolute Gasteiger partial charge is 0.113 e. The lowest BCUT2D eigenvalue weighted by Gasteiger charge is -2.39. The topological polar surface area (TPSA) is 43.4 Å². The van der Waals surface area contributed by atoms with Crippen molar-refractivity contribution in [3.05, 3.63) is 16.1 Å². The van der Waals surface area contributed by atoms with Gasteiger partial charge >= 0.3 is 0 Å². The second-order valence-electron chi connectivity index (χ2n) is 5.87. The molecule has 20 heavy (non-hydrogen) atoms. The van der Waals surface area contributed by atoms with Crippen LogP contribution < -0.4 is 5.32 Å². The van der Waals surface area contributed by atoms with Crippen molar-refractivity contribution in [3.63, 3.8) is 0 Å². The van der Waals surface area contributed by atoms with Gasteiger partial charge < -0.3 is 14.8 Å². The van der Waals surface area contributed by atoms with Gasteiger partial charge in [0.15, 0.2) is 0 Å². The Bertz CT molecular complexity index is 422. The molecule has 0 radical (unpaired) electrons. The van der Waals surface area contributed by atoms with E-state index in [2.05, 4.69) is 31.5 Å². The first-order valence-corrected chi connectivity index (χ1v) is 8.27. The molecule has 1 aliphatic rings. The van der Waals surface area contributed by atoms with Crippen molar-refractivity contribution in [2.75, 3.05) is 26.9 Å². The SMILES string of the molecule is COCCNC1(c2nc(C(C)C)cs2)CCOC(C)C1. The quantitative estimate of drug-likeness (QED) is 0.820. The summed E-state index contributed by atoms with van der Waals surface area (Å²) >= 11 is 1.77. The summed E-state index contributed by atoms with van der Waals surface area (Å²) < 4.78 is 10.9. The molecule has 2 heterocycles. The normalized spacial score (nSPS) is 27.1. The first-order valence-electron chi connectivity index (χ1n) is 7.39. The zero-order valence-electron chi connectivity index (χ0n) is 12.9. The number of hydrogen-bond donors (Lipinski definition) is 1. The molecule has 1 aromatic rings. The summed E-state index contributed by atoms with van der Waals surface area (Å²) in [5.74, 6) is 0.480. The molecule has 0 saturated carbocycles. The van der Waals surface area contributed by atoms with E-state index in [0.717, 1.165) is 32.6 Å². The van der Waals surface area contributed by atoms with Crippen molar-refractivity contribution in [3.8, 4) is 0 Å². The molecule has 0 amide bonds. The first-order chi connectivity index (χ1) is 9.57. The summed E-state index contributed by atoms with van der Waals surface area (Å²) in [5.41, 5.74) is 1.14. The van der Waals surface area contributed by atoms with E-state index in [4.69, 9.17) is 14.5 Å². The molecule has 0 spiro atoms. The van der Waals surface area contributed by atoms with Crippen LogP contribution in [0.15, 0.2) is 5.38 Å². The van der Waals surface area contributed by atoms with E-state index in [-0.39, 0.29) is 11.6 Å². The van der Waals surface area contributed by atoms with Crippen LogP contribution in [0.2, 0.25) is 0 Å². The largest absolute Gasteiger partial charge is 0.383 e. The van der Waals surface area contributed by atoms with E-state index < -0.39 is 0 Å². The third kappa shape index (κ3) is 3.58. The van der Waals surface area contributed by atoms with Crippen LogP contribution in [0.25, 0.3) is 0 Å². The van der Waals surface area contributed by atoms with Gasteiger partial charge in [-0.15, -0.1) is 11.3 Å². The number of nitrogens with one attached hydrogen (secondary N) is 1. The monoisotopic (exact) mass is 298 g/mol. The molecule has 0 aliphatic carbocycles. The molecule has 4 nitrogen and oxygen atoms in total. The Balaban J connectivity index is 2.19. The fourth-order valence-corrected chi connectivity index (χ4v) is 3.88. The standard InChI is InChI=1S/C15H26N2O2S/c1-11(2)13-10-20-14(17-13)15(16-6-8-18-4)5-7-19-12(3)9-15/h10-12,16H,5-9H2,1-4H3. The maximum absolute atomic E-state index is 5.72. The third-order valence-corrected chi connectivity index (χ3v) is 4.92. The van der Waals surface area contributed by atoms with Gasteiger partial charge in [0.2, 0.25) is 0 Å². The fourth-order valence-electron chi connectivity index (χ4n) is 2.68. The van der Waals surface area contributed by atoms with Gasteiger partial charge in [-0.25, -0.2) is 4.98 Å². The van der Waals surface area contributed by atoms with Gasteiger partial charge in [0.1, 0.15) is 5.01 Å². The summed E-state index contributed by atoms with van der Waals surface area (Å²) in [4.78, 5) is 4.88. The summed E-state index contributed by atoms with van der Waals surface area (Å²) in [6.07, 6.45) is 2.22. The maximum atomic E-state index is 5.72. The highest BCUT2D eigenvalue weighted by Gasteiger charge is 2.39. The van der Waals surface area contributed by atoms with Gasteiger partial charge in [0, 0.05) is 25.6 Å². The first kappa shape index (κ1) is 15.9. The summed E-state index contributed by atoms with van der Waals surface area (Å²) in [5, 5.41) is 7.07. The van der Waals surface area contributed by atoms with Crippen molar-refractivity contribution >= 4 is 11.3 Å². The predicted molar refractivity (Wildman–Crippen MR) is 82.4 cm³/mol. The van der Waals surface area contributed by atoms with Crippen LogP contribution in [-0.4, -0.2) is 38.0 Å². The van der Waals surface area contributed by atoms with Crippen LogP contribution in [0.1, 0.15) is 50.2 Å². The van der Waals surface area contributed by atoms with E-state index in [0.29, 0.717) is 5.92 Å². The van der Waals surface area contributed by atoms with Crippen molar-refractivity contribution in [1.82, 2.24) is 10.3 Å². The van der Waals surface area contributed by atoms with Gasteiger partial charge in [-0.1, -0.05) is 13.8 Å². The number of nitrogens with zero attached hydrogens (tertiary/aromatic N) is 1.